The van der Waals surface area contributed by atoms with E-state index in [4.69, 9.17) is 13.9 Å². The van der Waals surface area contributed by atoms with E-state index in [2.05, 4.69) is 10.3 Å². The third kappa shape index (κ3) is 6.17. The van der Waals surface area contributed by atoms with Crippen molar-refractivity contribution in [1.82, 2.24) is 10.3 Å². The van der Waals surface area contributed by atoms with E-state index >= 15 is 0 Å². The van der Waals surface area contributed by atoms with Crippen molar-refractivity contribution in [1.29, 1.82) is 0 Å². The molecule has 9 nitrogen and oxygen atoms in total. The molecule has 9 heteroatoms. The zero-order chi connectivity index (χ0) is 26.1. The Morgan fingerprint density at radius 3 is 2.00 bits per heavy atom. The highest BCUT2D eigenvalue weighted by molar-refractivity contribution is 6.07. The van der Waals surface area contributed by atoms with Crippen LogP contribution in [0.3, 0.4) is 0 Å². The Morgan fingerprint density at radius 2 is 1.47 bits per heavy atom. The molecule has 3 rings (SSSR count). The van der Waals surface area contributed by atoms with Crippen LogP contribution in [0.1, 0.15) is 38.3 Å². The summed E-state index contributed by atoms with van der Waals surface area (Å²) in [6.07, 6.45) is 1.84. The molecule has 0 unspecified atom stereocenters. The van der Waals surface area contributed by atoms with Crippen molar-refractivity contribution in [2.75, 3.05) is 13.2 Å². The van der Waals surface area contributed by atoms with E-state index in [1.807, 2.05) is 48.5 Å². The Labute approximate surface area is 209 Å². The number of carbonyl (C=O) groups is 3. The van der Waals surface area contributed by atoms with Gasteiger partial charge in [-0.3, -0.25) is 4.79 Å². The lowest BCUT2D eigenvalue weighted by Crippen LogP contribution is -2.61. The summed E-state index contributed by atoms with van der Waals surface area (Å²) in [5.41, 5.74) is 1.98. The first-order valence-corrected chi connectivity index (χ1v) is 11.7. The highest BCUT2D eigenvalue weighted by atomic mass is 16.6. The molecule has 0 saturated heterocycles. The molecule has 1 amide bonds. The third-order valence-electron chi connectivity index (χ3n) is 5.56. The van der Waals surface area contributed by atoms with Crippen LogP contribution in [0.15, 0.2) is 59.2 Å². The van der Waals surface area contributed by atoms with Crippen molar-refractivity contribution in [3.05, 3.63) is 65.9 Å². The average Bonchev–Trinajstić information content (AvgIpc) is 3.37. The molecule has 2 aromatic carbocycles. The Bertz CT molecular complexity index is 1170. The molecule has 0 aliphatic carbocycles. The predicted octanol–water partition coefficient (Wildman–Crippen LogP) is 3.43. The number of nitrogens with one attached hydrogen (secondary N) is 1. The minimum absolute atomic E-state index is 0.0263. The summed E-state index contributed by atoms with van der Waals surface area (Å²) in [5.74, 6) is -1.78. The number of aliphatic hydroxyl groups is 1. The number of rotatable bonds is 11. The van der Waals surface area contributed by atoms with E-state index in [9.17, 15) is 19.5 Å². The number of benzene rings is 2. The number of aliphatic hydroxyl groups excluding tert-OH is 1. The second kappa shape index (κ2) is 12.1. The summed E-state index contributed by atoms with van der Waals surface area (Å²) in [4.78, 5) is 41.9. The Morgan fingerprint density at radius 1 is 0.917 bits per heavy atom. The molecule has 36 heavy (non-hydrogen) atoms. The smallest absolute Gasteiger partial charge is 0.343 e. The number of amides is 1. The molecule has 1 heterocycles. The highest BCUT2D eigenvalue weighted by Crippen LogP contribution is 2.26. The summed E-state index contributed by atoms with van der Waals surface area (Å²) in [7, 11) is 0. The van der Waals surface area contributed by atoms with E-state index in [0.717, 1.165) is 22.3 Å². The minimum Gasteiger partial charge on any atom is -0.464 e. The number of aromatic nitrogens is 1. The van der Waals surface area contributed by atoms with Gasteiger partial charge < -0.3 is 24.3 Å². The van der Waals surface area contributed by atoms with E-state index in [0.29, 0.717) is 18.0 Å². The monoisotopic (exact) mass is 494 g/mol. The van der Waals surface area contributed by atoms with Crippen molar-refractivity contribution >= 4 is 17.8 Å². The largest absolute Gasteiger partial charge is 0.464 e. The topological polar surface area (TPSA) is 128 Å². The van der Waals surface area contributed by atoms with Crippen molar-refractivity contribution in [3.63, 3.8) is 0 Å². The molecule has 0 bridgehead atoms. The number of nitrogens with zero attached hydrogens (tertiary/aromatic N) is 1. The molecular weight excluding hydrogens is 464 g/mol. The second-order valence-corrected chi connectivity index (χ2v) is 8.12. The van der Waals surface area contributed by atoms with E-state index in [-0.39, 0.29) is 26.2 Å². The first kappa shape index (κ1) is 26.6. The van der Waals surface area contributed by atoms with Crippen LogP contribution in [-0.4, -0.2) is 46.7 Å². The number of esters is 2. The molecule has 0 saturated carbocycles. The first-order valence-electron chi connectivity index (χ1n) is 11.7. The average molecular weight is 495 g/mol. The molecule has 0 atom stereocenters. The van der Waals surface area contributed by atoms with E-state index < -0.39 is 23.4 Å². The highest BCUT2D eigenvalue weighted by Gasteiger charge is 2.49. The van der Waals surface area contributed by atoms with E-state index in [1.165, 1.54) is 6.92 Å². The van der Waals surface area contributed by atoms with Crippen LogP contribution in [0.25, 0.3) is 22.7 Å². The summed E-state index contributed by atoms with van der Waals surface area (Å²) in [6, 6.07) is 14.7. The lowest BCUT2D eigenvalue weighted by Gasteiger charge is -2.29. The van der Waals surface area contributed by atoms with Gasteiger partial charge in [0.15, 0.2) is 0 Å². The molecule has 2 N–H and O–H groups in total. The minimum atomic E-state index is -1.93. The number of aryl methyl sites for hydroxylation is 1. The number of carbonyl (C=O) groups excluding carboxylic acids is 3. The fourth-order valence-electron chi connectivity index (χ4n) is 3.73. The Kier molecular flexibility index (Phi) is 8.97. The van der Waals surface area contributed by atoms with Gasteiger partial charge in [-0.05, 0) is 49.9 Å². The van der Waals surface area contributed by atoms with Crippen LogP contribution >= 0.6 is 0 Å². The van der Waals surface area contributed by atoms with Crippen molar-refractivity contribution in [3.8, 4) is 22.7 Å². The maximum absolute atomic E-state index is 12.8. The van der Waals surface area contributed by atoms with E-state index in [1.54, 1.807) is 20.1 Å². The normalized spacial score (nSPS) is 11.1. The maximum atomic E-state index is 12.8. The van der Waals surface area contributed by atoms with Crippen molar-refractivity contribution < 1.29 is 33.4 Å². The van der Waals surface area contributed by atoms with Gasteiger partial charge in [-0.15, -0.1) is 0 Å². The Balaban J connectivity index is 1.77. The fraction of sp³-hybridized carbons (Fsp3) is 0.333. The van der Waals surface area contributed by atoms with Gasteiger partial charge in [0.25, 0.3) is 0 Å². The molecule has 0 radical (unpaired) electrons. The molecule has 0 aliphatic heterocycles. The van der Waals surface area contributed by atoms with Gasteiger partial charge in [-0.1, -0.05) is 36.4 Å². The zero-order valence-electron chi connectivity index (χ0n) is 20.6. The molecule has 1 aromatic heterocycles. The fourth-order valence-corrected chi connectivity index (χ4v) is 3.73. The van der Waals surface area contributed by atoms with Gasteiger partial charge in [0.2, 0.25) is 17.3 Å². The molecule has 0 fully saturated rings. The standard InChI is InChI=1S/C27H30N2O7/c1-4-34-25(32)27(29-18(3)31,26(33)35-5-2)15-14-19-6-10-21(11-7-19)23-17-36-24(28-23)22-12-8-20(16-30)9-13-22/h6-13,17,30H,4-5,14-16H2,1-3H3,(H,29,31). The lowest BCUT2D eigenvalue weighted by atomic mass is 9.90. The molecular formula is C27H30N2O7. The van der Waals surface area contributed by atoms with Crippen molar-refractivity contribution in [2.24, 2.45) is 0 Å². The predicted molar refractivity (Wildman–Crippen MR) is 131 cm³/mol. The van der Waals surface area contributed by atoms with Crippen LogP contribution in [0.4, 0.5) is 0 Å². The van der Waals surface area contributed by atoms with Crippen LogP contribution in [0.5, 0.6) is 0 Å². The summed E-state index contributed by atoms with van der Waals surface area (Å²) < 4.78 is 15.8. The molecule has 3 aromatic rings. The first-order chi connectivity index (χ1) is 17.3. The zero-order valence-corrected chi connectivity index (χ0v) is 20.6. The van der Waals surface area contributed by atoms with Gasteiger partial charge in [-0.25, -0.2) is 14.6 Å². The van der Waals surface area contributed by atoms with Crippen LogP contribution in [0.2, 0.25) is 0 Å². The molecule has 0 spiro atoms. The molecule has 0 aliphatic rings. The van der Waals surface area contributed by atoms with Crippen LogP contribution in [0, 0.1) is 0 Å². The number of hydrogen-bond donors (Lipinski definition) is 2. The SMILES string of the molecule is CCOC(=O)C(CCc1ccc(-c2coc(-c3ccc(CO)cc3)n2)cc1)(NC(C)=O)C(=O)OCC. The molecule has 190 valence electrons. The summed E-state index contributed by atoms with van der Waals surface area (Å²) >= 11 is 0. The maximum Gasteiger partial charge on any atom is 0.343 e. The van der Waals surface area contributed by atoms with Crippen LogP contribution < -0.4 is 5.32 Å². The summed E-state index contributed by atoms with van der Waals surface area (Å²) in [5, 5.41) is 11.7. The van der Waals surface area contributed by atoms with Gasteiger partial charge in [0, 0.05) is 18.1 Å². The second-order valence-electron chi connectivity index (χ2n) is 8.12. The van der Waals surface area contributed by atoms with Gasteiger partial charge in [0.1, 0.15) is 12.0 Å². The van der Waals surface area contributed by atoms with Gasteiger partial charge in [0.05, 0.1) is 19.8 Å². The van der Waals surface area contributed by atoms with Gasteiger partial charge >= 0.3 is 11.9 Å². The number of hydrogen-bond acceptors (Lipinski definition) is 8. The Hall–Kier alpha value is -3.98. The third-order valence-corrected chi connectivity index (χ3v) is 5.56. The van der Waals surface area contributed by atoms with Crippen molar-refractivity contribution in [2.45, 2.75) is 45.8 Å². The van der Waals surface area contributed by atoms with Gasteiger partial charge in [-0.2, -0.15) is 0 Å². The number of oxazole rings is 1. The van der Waals surface area contributed by atoms with Crippen LogP contribution in [-0.2, 0) is 36.9 Å². The summed E-state index contributed by atoms with van der Waals surface area (Å²) in [6.45, 7) is 4.56. The number of ether oxygens (including phenoxy) is 2. The lowest BCUT2D eigenvalue weighted by molar-refractivity contribution is -0.168. The quantitative estimate of drug-likeness (QED) is 0.307.